The summed E-state index contributed by atoms with van der Waals surface area (Å²) in [6.45, 7) is 4.00. The SMILES string of the molecule is C[C@H]1[C@@H]2C[C@H]3OS(=O)(=O)O[C@@]3(C)[C@H]12. The van der Waals surface area contributed by atoms with Crippen LogP contribution in [0.5, 0.6) is 0 Å². The van der Waals surface area contributed by atoms with Crippen molar-refractivity contribution in [1.29, 1.82) is 0 Å². The van der Waals surface area contributed by atoms with Gasteiger partial charge in [-0.05, 0) is 31.1 Å². The van der Waals surface area contributed by atoms with Crippen LogP contribution in [0.3, 0.4) is 0 Å². The van der Waals surface area contributed by atoms with Gasteiger partial charge in [0.1, 0.15) is 11.7 Å². The van der Waals surface area contributed by atoms with Crippen molar-refractivity contribution in [3.63, 3.8) is 0 Å². The highest BCUT2D eigenvalue weighted by atomic mass is 32.3. The first kappa shape index (κ1) is 8.20. The Kier molecular flexibility index (Phi) is 1.23. The molecule has 0 spiro atoms. The molecule has 3 rings (SSSR count). The first-order valence-corrected chi connectivity index (χ1v) is 5.91. The molecule has 0 aromatic heterocycles. The molecule has 13 heavy (non-hydrogen) atoms. The van der Waals surface area contributed by atoms with E-state index in [2.05, 4.69) is 6.92 Å². The summed E-state index contributed by atoms with van der Waals surface area (Å²) in [7, 11) is -3.69. The summed E-state index contributed by atoms with van der Waals surface area (Å²) in [5, 5.41) is 0. The fourth-order valence-corrected chi connectivity index (χ4v) is 4.43. The van der Waals surface area contributed by atoms with Crippen molar-refractivity contribution in [3.8, 4) is 0 Å². The summed E-state index contributed by atoms with van der Waals surface area (Å²) < 4.78 is 32.1. The van der Waals surface area contributed by atoms with Crippen molar-refractivity contribution in [2.24, 2.45) is 17.8 Å². The molecule has 5 heteroatoms. The predicted octanol–water partition coefficient (Wildman–Crippen LogP) is 0.691. The Morgan fingerprint density at radius 3 is 2.85 bits per heavy atom. The largest absolute Gasteiger partial charge is 0.400 e. The lowest BCUT2D eigenvalue weighted by atomic mass is 9.95. The zero-order valence-electron chi connectivity index (χ0n) is 7.56. The van der Waals surface area contributed by atoms with Gasteiger partial charge in [0.25, 0.3) is 0 Å². The summed E-state index contributed by atoms with van der Waals surface area (Å²) in [5.74, 6) is 1.60. The molecule has 4 nitrogen and oxygen atoms in total. The minimum absolute atomic E-state index is 0.233. The lowest BCUT2D eigenvalue weighted by molar-refractivity contribution is 0.0492. The molecular weight excluding hydrogens is 192 g/mol. The third-order valence-electron chi connectivity index (χ3n) is 3.87. The number of hydrogen-bond donors (Lipinski definition) is 0. The van der Waals surface area contributed by atoms with Gasteiger partial charge in [0, 0.05) is 0 Å². The number of hydrogen-bond acceptors (Lipinski definition) is 4. The van der Waals surface area contributed by atoms with Crippen LogP contribution in [0.15, 0.2) is 0 Å². The third kappa shape index (κ3) is 0.851. The van der Waals surface area contributed by atoms with Crippen LogP contribution in [0, 0.1) is 17.8 Å². The Balaban J connectivity index is 2.00. The molecule has 0 unspecified atom stereocenters. The van der Waals surface area contributed by atoms with Gasteiger partial charge in [-0.25, -0.2) is 8.37 Å². The fraction of sp³-hybridized carbons (Fsp3) is 1.00. The number of rotatable bonds is 0. The van der Waals surface area contributed by atoms with Gasteiger partial charge in [-0.2, -0.15) is 8.42 Å². The molecule has 1 aliphatic heterocycles. The second kappa shape index (κ2) is 1.94. The highest BCUT2D eigenvalue weighted by Gasteiger charge is 2.72. The molecule has 2 aliphatic carbocycles. The topological polar surface area (TPSA) is 52.6 Å². The van der Waals surface area contributed by atoms with Gasteiger partial charge in [-0.15, -0.1) is 0 Å². The summed E-state index contributed by atoms with van der Waals surface area (Å²) in [6.07, 6.45) is 0.602. The van der Waals surface area contributed by atoms with E-state index in [9.17, 15) is 8.42 Å². The lowest BCUT2D eigenvalue weighted by Gasteiger charge is -2.21. The third-order valence-corrected chi connectivity index (χ3v) is 4.90. The van der Waals surface area contributed by atoms with E-state index in [0.717, 1.165) is 6.42 Å². The average molecular weight is 204 g/mol. The Morgan fingerprint density at radius 2 is 2.15 bits per heavy atom. The van der Waals surface area contributed by atoms with Crippen molar-refractivity contribution in [2.45, 2.75) is 32.0 Å². The number of fused-ring (bicyclic) bond motifs is 3. The van der Waals surface area contributed by atoms with Crippen LogP contribution >= 0.6 is 0 Å². The molecule has 0 aromatic rings. The van der Waals surface area contributed by atoms with Crippen molar-refractivity contribution in [1.82, 2.24) is 0 Å². The maximum atomic E-state index is 11.1. The first-order valence-electron chi connectivity index (χ1n) is 4.58. The predicted molar refractivity (Wildman–Crippen MR) is 44.0 cm³/mol. The monoisotopic (exact) mass is 204 g/mol. The Hall–Kier alpha value is -0.130. The molecule has 2 saturated carbocycles. The van der Waals surface area contributed by atoms with Crippen molar-refractivity contribution in [3.05, 3.63) is 0 Å². The smallest absolute Gasteiger partial charge is 0.242 e. The maximum absolute atomic E-state index is 11.1. The van der Waals surface area contributed by atoms with Gasteiger partial charge in [0.05, 0.1) is 0 Å². The maximum Gasteiger partial charge on any atom is 0.400 e. The zero-order chi connectivity index (χ0) is 9.43. The normalized spacial score (nSPS) is 61.7. The summed E-state index contributed by atoms with van der Waals surface area (Å²) >= 11 is 0. The van der Waals surface area contributed by atoms with Crippen molar-refractivity contribution >= 4 is 10.4 Å². The quantitative estimate of drug-likeness (QED) is 0.582. The molecule has 0 radical (unpaired) electrons. The molecule has 0 amide bonds. The lowest BCUT2D eigenvalue weighted by Crippen LogP contribution is -2.36. The van der Waals surface area contributed by atoms with Crippen LogP contribution in [0.4, 0.5) is 0 Å². The minimum atomic E-state index is -3.69. The summed E-state index contributed by atoms with van der Waals surface area (Å²) in [4.78, 5) is 0. The van der Waals surface area contributed by atoms with Gasteiger partial charge in [0.15, 0.2) is 0 Å². The van der Waals surface area contributed by atoms with E-state index < -0.39 is 16.0 Å². The molecule has 0 N–H and O–H groups in total. The van der Waals surface area contributed by atoms with Gasteiger partial charge >= 0.3 is 10.4 Å². The molecule has 5 atom stereocenters. The van der Waals surface area contributed by atoms with Crippen molar-refractivity contribution < 1.29 is 16.8 Å². The highest BCUT2D eigenvalue weighted by Crippen LogP contribution is 2.66. The standard InChI is InChI=1S/C8H12O4S/c1-4-5-3-6-8(2,7(4)5)12-13(9,10)11-6/h4-7H,3H2,1-2H3/t4-,5-,6+,7+,8+/m0/s1. The second-order valence-corrected chi connectivity index (χ2v) is 5.72. The van der Waals surface area contributed by atoms with Crippen LogP contribution in [-0.4, -0.2) is 20.1 Å². The van der Waals surface area contributed by atoms with E-state index in [1.54, 1.807) is 0 Å². The Morgan fingerprint density at radius 1 is 1.46 bits per heavy atom. The average Bonchev–Trinajstić information content (AvgIpc) is 2.37. The summed E-state index contributed by atoms with van der Waals surface area (Å²) in [6, 6.07) is 0. The van der Waals surface area contributed by atoms with E-state index in [1.165, 1.54) is 0 Å². The van der Waals surface area contributed by atoms with Crippen molar-refractivity contribution in [2.75, 3.05) is 0 Å². The van der Waals surface area contributed by atoms with Gasteiger partial charge in [0.2, 0.25) is 0 Å². The minimum Gasteiger partial charge on any atom is -0.242 e. The molecular formula is C8H12O4S. The van der Waals surface area contributed by atoms with Crippen LogP contribution in [0.2, 0.25) is 0 Å². The van der Waals surface area contributed by atoms with E-state index in [4.69, 9.17) is 8.37 Å². The van der Waals surface area contributed by atoms with Crippen LogP contribution < -0.4 is 0 Å². The van der Waals surface area contributed by atoms with Gasteiger partial charge < -0.3 is 0 Å². The van der Waals surface area contributed by atoms with Gasteiger partial charge in [-0.1, -0.05) is 6.92 Å². The Labute approximate surface area is 77.5 Å². The molecule has 1 saturated heterocycles. The zero-order valence-corrected chi connectivity index (χ0v) is 8.37. The Bertz CT molecular complexity index is 362. The van der Waals surface area contributed by atoms with E-state index in [-0.39, 0.29) is 6.10 Å². The van der Waals surface area contributed by atoms with E-state index in [0.29, 0.717) is 17.8 Å². The molecule has 1 heterocycles. The van der Waals surface area contributed by atoms with E-state index in [1.807, 2.05) is 6.92 Å². The van der Waals surface area contributed by atoms with Crippen LogP contribution in [-0.2, 0) is 18.8 Å². The highest BCUT2D eigenvalue weighted by molar-refractivity contribution is 7.82. The molecule has 74 valence electrons. The second-order valence-electron chi connectivity index (χ2n) is 4.54. The van der Waals surface area contributed by atoms with Crippen LogP contribution in [0.25, 0.3) is 0 Å². The molecule has 0 aromatic carbocycles. The molecule has 3 aliphatic rings. The molecule has 3 fully saturated rings. The van der Waals surface area contributed by atoms with Gasteiger partial charge in [-0.3, -0.25) is 0 Å². The van der Waals surface area contributed by atoms with E-state index >= 15 is 0 Å². The molecule has 0 bridgehead atoms. The first-order chi connectivity index (χ1) is 5.94. The summed E-state index contributed by atoms with van der Waals surface area (Å²) in [5.41, 5.74) is -0.567. The fourth-order valence-electron chi connectivity index (χ4n) is 3.18. The van der Waals surface area contributed by atoms with Crippen LogP contribution in [0.1, 0.15) is 20.3 Å².